The van der Waals surface area contributed by atoms with Gasteiger partial charge in [-0.15, -0.1) is 0 Å². The van der Waals surface area contributed by atoms with E-state index in [9.17, 15) is 9.90 Å². The van der Waals surface area contributed by atoms with Gasteiger partial charge in [-0.3, -0.25) is 9.69 Å². The molecule has 28 heavy (non-hydrogen) atoms. The summed E-state index contributed by atoms with van der Waals surface area (Å²) < 4.78 is 10.6. The highest BCUT2D eigenvalue weighted by molar-refractivity contribution is 5.94. The van der Waals surface area contributed by atoms with Gasteiger partial charge in [-0.25, -0.2) is 0 Å². The Morgan fingerprint density at radius 1 is 1.14 bits per heavy atom. The SMILES string of the molecule is CC(C)(C)N(Cc1ccccc1)CC(O)CNC(=O)c1ccc2c(c1)OCO2. The summed E-state index contributed by atoms with van der Waals surface area (Å²) in [4.78, 5) is 14.6. The molecule has 1 amide bonds. The minimum Gasteiger partial charge on any atom is -0.454 e. The van der Waals surface area contributed by atoms with Crippen molar-refractivity contribution in [3.63, 3.8) is 0 Å². The maximum Gasteiger partial charge on any atom is 0.251 e. The molecule has 0 fully saturated rings. The number of nitrogens with zero attached hydrogens (tertiary/aromatic N) is 1. The van der Waals surface area contributed by atoms with E-state index < -0.39 is 6.10 Å². The summed E-state index contributed by atoms with van der Waals surface area (Å²) in [5.41, 5.74) is 1.56. The highest BCUT2D eigenvalue weighted by atomic mass is 16.7. The van der Waals surface area contributed by atoms with Gasteiger partial charge in [-0.05, 0) is 44.5 Å². The molecule has 6 heteroatoms. The van der Waals surface area contributed by atoms with Crippen molar-refractivity contribution < 1.29 is 19.4 Å². The molecule has 2 aromatic carbocycles. The second-order valence-corrected chi connectivity index (χ2v) is 7.97. The van der Waals surface area contributed by atoms with Gasteiger partial charge in [-0.2, -0.15) is 0 Å². The highest BCUT2D eigenvalue weighted by Gasteiger charge is 2.24. The largest absolute Gasteiger partial charge is 0.454 e. The van der Waals surface area contributed by atoms with E-state index in [1.54, 1.807) is 18.2 Å². The van der Waals surface area contributed by atoms with Gasteiger partial charge in [0.2, 0.25) is 6.79 Å². The van der Waals surface area contributed by atoms with Crippen LogP contribution in [0.25, 0.3) is 0 Å². The second kappa shape index (κ2) is 8.63. The van der Waals surface area contributed by atoms with Gasteiger partial charge in [0.1, 0.15) is 0 Å². The zero-order valence-electron chi connectivity index (χ0n) is 16.6. The number of carbonyl (C=O) groups is 1. The maximum absolute atomic E-state index is 12.4. The van der Waals surface area contributed by atoms with Crippen LogP contribution < -0.4 is 14.8 Å². The van der Waals surface area contributed by atoms with Gasteiger partial charge in [0, 0.05) is 30.7 Å². The van der Waals surface area contributed by atoms with Gasteiger partial charge < -0.3 is 19.9 Å². The average Bonchev–Trinajstić information content (AvgIpc) is 3.13. The number of benzene rings is 2. The molecule has 0 bridgehead atoms. The van der Waals surface area contributed by atoms with Gasteiger partial charge in [0.05, 0.1) is 6.10 Å². The van der Waals surface area contributed by atoms with Gasteiger partial charge in [0.25, 0.3) is 5.91 Å². The molecule has 2 N–H and O–H groups in total. The topological polar surface area (TPSA) is 71.0 Å². The summed E-state index contributed by atoms with van der Waals surface area (Å²) in [7, 11) is 0. The number of hydrogen-bond acceptors (Lipinski definition) is 5. The number of β-amino-alcohol motifs (C(OH)–C–C–N with tert-alkyl or cyclic N) is 1. The zero-order chi connectivity index (χ0) is 20.1. The number of fused-ring (bicyclic) bond motifs is 1. The van der Waals surface area contributed by atoms with Crippen molar-refractivity contribution in [2.45, 2.75) is 39.0 Å². The third-order valence-electron chi connectivity index (χ3n) is 4.73. The quantitative estimate of drug-likeness (QED) is 0.768. The van der Waals surface area contributed by atoms with Crippen LogP contribution in [0.2, 0.25) is 0 Å². The van der Waals surface area contributed by atoms with Crippen molar-refractivity contribution in [2.75, 3.05) is 19.9 Å². The fourth-order valence-corrected chi connectivity index (χ4v) is 3.05. The first-order chi connectivity index (χ1) is 13.3. The van der Waals surface area contributed by atoms with Crippen LogP contribution in [0, 0.1) is 0 Å². The number of aliphatic hydroxyl groups excluding tert-OH is 1. The van der Waals surface area contributed by atoms with E-state index in [-0.39, 0.29) is 24.8 Å². The standard InChI is InChI=1S/C22H28N2O4/c1-22(2,3)24(13-16-7-5-4-6-8-16)14-18(25)12-23-21(26)17-9-10-19-20(11-17)28-15-27-19/h4-11,18,25H,12-15H2,1-3H3,(H,23,26). The minimum absolute atomic E-state index is 0.113. The van der Waals surface area contributed by atoms with Crippen LogP contribution in [0.4, 0.5) is 0 Å². The molecular formula is C22H28N2O4. The number of rotatable bonds is 7. The Morgan fingerprint density at radius 3 is 2.57 bits per heavy atom. The lowest BCUT2D eigenvalue weighted by Gasteiger charge is -2.37. The minimum atomic E-state index is -0.680. The molecule has 1 atom stereocenters. The number of aliphatic hydroxyl groups is 1. The second-order valence-electron chi connectivity index (χ2n) is 7.97. The predicted molar refractivity (Wildman–Crippen MR) is 108 cm³/mol. The van der Waals surface area contributed by atoms with E-state index in [1.807, 2.05) is 18.2 Å². The summed E-state index contributed by atoms with van der Waals surface area (Å²) >= 11 is 0. The molecule has 2 aromatic rings. The van der Waals surface area contributed by atoms with Crippen molar-refractivity contribution in [2.24, 2.45) is 0 Å². The van der Waals surface area contributed by atoms with E-state index >= 15 is 0 Å². The molecule has 0 aromatic heterocycles. The first-order valence-electron chi connectivity index (χ1n) is 9.48. The van der Waals surface area contributed by atoms with E-state index in [0.29, 0.717) is 23.6 Å². The van der Waals surface area contributed by atoms with Crippen molar-refractivity contribution >= 4 is 5.91 Å². The van der Waals surface area contributed by atoms with Gasteiger partial charge in [-0.1, -0.05) is 30.3 Å². The average molecular weight is 384 g/mol. The third kappa shape index (κ3) is 5.24. The number of ether oxygens (including phenoxy) is 2. The number of amides is 1. The molecule has 3 rings (SSSR count). The molecule has 0 spiro atoms. The van der Waals surface area contributed by atoms with Crippen LogP contribution in [-0.2, 0) is 6.54 Å². The Hall–Kier alpha value is -2.57. The molecular weight excluding hydrogens is 356 g/mol. The van der Waals surface area contributed by atoms with Crippen LogP contribution in [0.5, 0.6) is 11.5 Å². The highest BCUT2D eigenvalue weighted by Crippen LogP contribution is 2.32. The Kier molecular flexibility index (Phi) is 6.21. The van der Waals surface area contributed by atoms with E-state index in [0.717, 1.165) is 6.54 Å². The lowest BCUT2D eigenvalue weighted by atomic mass is 10.0. The monoisotopic (exact) mass is 384 g/mol. The Morgan fingerprint density at radius 2 is 1.86 bits per heavy atom. The molecule has 0 radical (unpaired) electrons. The molecule has 1 heterocycles. The first-order valence-corrected chi connectivity index (χ1v) is 9.48. The molecule has 0 saturated carbocycles. The fraction of sp³-hybridized carbons (Fsp3) is 0.409. The molecule has 1 unspecified atom stereocenters. The number of nitrogens with one attached hydrogen (secondary N) is 1. The third-order valence-corrected chi connectivity index (χ3v) is 4.73. The lowest BCUT2D eigenvalue weighted by molar-refractivity contribution is 0.0512. The normalized spacial score (nSPS) is 14.2. The van der Waals surface area contributed by atoms with Gasteiger partial charge in [0.15, 0.2) is 11.5 Å². The smallest absolute Gasteiger partial charge is 0.251 e. The number of hydrogen-bond donors (Lipinski definition) is 2. The van der Waals surface area contributed by atoms with E-state index in [2.05, 4.69) is 43.1 Å². The summed E-state index contributed by atoms with van der Waals surface area (Å²) in [6.45, 7) is 7.89. The van der Waals surface area contributed by atoms with Crippen molar-refractivity contribution in [3.8, 4) is 11.5 Å². The summed E-state index contributed by atoms with van der Waals surface area (Å²) in [6, 6.07) is 15.2. The predicted octanol–water partition coefficient (Wildman–Crippen LogP) is 2.81. The number of carbonyl (C=O) groups excluding carboxylic acids is 1. The Balaban J connectivity index is 1.55. The molecule has 0 saturated heterocycles. The maximum atomic E-state index is 12.4. The summed E-state index contributed by atoms with van der Waals surface area (Å²) in [5, 5.41) is 13.3. The van der Waals surface area contributed by atoms with Crippen molar-refractivity contribution in [3.05, 3.63) is 59.7 Å². The lowest BCUT2D eigenvalue weighted by Crippen LogP contribution is -2.47. The summed E-state index contributed by atoms with van der Waals surface area (Å²) in [6.07, 6.45) is -0.680. The Labute approximate surface area is 166 Å². The van der Waals surface area contributed by atoms with Gasteiger partial charge >= 0.3 is 0 Å². The van der Waals surface area contributed by atoms with Crippen molar-refractivity contribution in [1.82, 2.24) is 10.2 Å². The zero-order valence-corrected chi connectivity index (χ0v) is 16.6. The molecule has 1 aliphatic rings. The van der Waals surface area contributed by atoms with Crippen molar-refractivity contribution in [1.29, 1.82) is 0 Å². The molecule has 6 nitrogen and oxygen atoms in total. The first kappa shape index (κ1) is 20.2. The Bertz CT molecular complexity index is 802. The van der Waals surface area contributed by atoms with E-state index in [4.69, 9.17) is 9.47 Å². The molecule has 150 valence electrons. The van der Waals surface area contributed by atoms with Crippen LogP contribution >= 0.6 is 0 Å². The van der Waals surface area contributed by atoms with Crippen LogP contribution in [-0.4, -0.2) is 47.4 Å². The molecule has 0 aliphatic carbocycles. The van der Waals surface area contributed by atoms with E-state index in [1.165, 1.54) is 5.56 Å². The summed E-state index contributed by atoms with van der Waals surface area (Å²) in [5.74, 6) is 0.955. The molecule has 1 aliphatic heterocycles. The van der Waals surface area contributed by atoms with Crippen LogP contribution in [0.1, 0.15) is 36.7 Å². The van der Waals surface area contributed by atoms with Crippen LogP contribution in [0.3, 0.4) is 0 Å². The van der Waals surface area contributed by atoms with Crippen LogP contribution in [0.15, 0.2) is 48.5 Å². The fourth-order valence-electron chi connectivity index (χ4n) is 3.05.